The second-order valence-corrected chi connectivity index (χ2v) is 5.11. The maximum atomic E-state index is 10.4. The highest BCUT2D eigenvalue weighted by Crippen LogP contribution is 2.27. The number of rotatable bonds is 8. The lowest BCUT2D eigenvalue weighted by Crippen LogP contribution is -2.26. The third-order valence-electron chi connectivity index (χ3n) is 3.20. The number of nitrogens with zero attached hydrogens (tertiary/aromatic N) is 1. The van der Waals surface area contributed by atoms with Crippen molar-refractivity contribution in [2.24, 2.45) is 0 Å². The van der Waals surface area contributed by atoms with Crippen LogP contribution in [0.25, 0.3) is 0 Å². The van der Waals surface area contributed by atoms with Crippen LogP contribution in [0.5, 0.6) is 5.75 Å². The van der Waals surface area contributed by atoms with E-state index >= 15 is 0 Å². The minimum absolute atomic E-state index is 0.497. The van der Waals surface area contributed by atoms with E-state index in [9.17, 15) is 5.11 Å². The molecular weight excluding hydrogens is 238 g/mol. The van der Waals surface area contributed by atoms with E-state index in [1.165, 1.54) is 6.42 Å². The summed E-state index contributed by atoms with van der Waals surface area (Å²) in [6.45, 7) is 8.45. The number of unbranched alkanes of at least 4 members (excludes halogenated alkanes) is 1. The maximum Gasteiger partial charge on any atom is 0.125 e. The Kier molecular flexibility index (Phi) is 6.89. The fourth-order valence-electron chi connectivity index (χ4n) is 2.13. The Morgan fingerprint density at radius 2 is 2.05 bits per heavy atom. The monoisotopic (exact) mass is 265 g/mol. The van der Waals surface area contributed by atoms with E-state index in [1.807, 2.05) is 32.0 Å². The summed E-state index contributed by atoms with van der Waals surface area (Å²) in [5.41, 5.74) is 2.04. The first kappa shape index (κ1) is 16.0. The summed E-state index contributed by atoms with van der Waals surface area (Å²) in [7, 11) is 2.05. The Morgan fingerprint density at radius 1 is 1.32 bits per heavy atom. The third-order valence-corrected chi connectivity index (χ3v) is 3.20. The first-order valence-electron chi connectivity index (χ1n) is 7.18. The molecule has 0 aliphatic carbocycles. The average molecular weight is 265 g/mol. The van der Waals surface area contributed by atoms with Gasteiger partial charge in [-0.15, -0.1) is 0 Å². The maximum absolute atomic E-state index is 10.4. The van der Waals surface area contributed by atoms with Crippen LogP contribution in [0.1, 0.15) is 43.9 Å². The van der Waals surface area contributed by atoms with Crippen LogP contribution in [0.2, 0.25) is 0 Å². The minimum Gasteiger partial charge on any atom is -0.493 e. The molecule has 0 heterocycles. The number of likely N-dealkylation sites (N-methyl/N-ethyl adjacent to an activating group) is 1. The molecule has 0 amide bonds. The molecule has 3 nitrogen and oxygen atoms in total. The average Bonchev–Trinajstić information content (AvgIpc) is 2.38. The van der Waals surface area contributed by atoms with Crippen LogP contribution in [-0.2, 0) is 0 Å². The van der Waals surface area contributed by atoms with Gasteiger partial charge in [-0.2, -0.15) is 0 Å². The summed E-state index contributed by atoms with van der Waals surface area (Å²) in [4.78, 5) is 2.17. The fraction of sp³-hybridized carbons (Fsp3) is 0.625. The molecule has 3 heteroatoms. The molecule has 0 saturated carbocycles. The minimum atomic E-state index is -0.497. The molecule has 1 rings (SSSR count). The van der Waals surface area contributed by atoms with Crippen LogP contribution in [0, 0.1) is 6.92 Å². The molecule has 0 fully saturated rings. The standard InChI is InChI=1S/C16H27NO2/c1-5-7-10-17(4)12-15(18)14-11-13(3)8-9-16(14)19-6-2/h8-9,11,15,18H,5-7,10,12H2,1-4H3. The van der Waals surface area contributed by atoms with Gasteiger partial charge in [0.1, 0.15) is 5.75 Å². The molecule has 19 heavy (non-hydrogen) atoms. The number of aliphatic hydroxyl groups excluding tert-OH is 1. The number of aliphatic hydroxyl groups is 1. The summed E-state index contributed by atoms with van der Waals surface area (Å²) >= 11 is 0. The Labute approximate surface area is 117 Å². The van der Waals surface area contributed by atoms with E-state index in [0.29, 0.717) is 13.2 Å². The number of aryl methyl sites for hydroxylation is 1. The molecule has 1 aromatic carbocycles. The van der Waals surface area contributed by atoms with Crippen molar-refractivity contribution >= 4 is 0 Å². The topological polar surface area (TPSA) is 32.7 Å². The zero-order chi connectivity index (χ0) is 14.3. The summed E-state index contributed by atoms with van der Waals surface area (Å²) in [6, 6.07) is 5.98. The molecule has 1 aromatic rings. The lowest BCUT2D eigenvalue weighted by Gasteiger charge is -2.22. The summed E-state index contributed by atoms with van der Waals surface area (Å²) in [6.07, 6.45) is 1.84. The predicted molar refractivity (Wildman–Crippen MR) is 79.7 cm³/mol. The Bertz CT molecular complexity index is 379. The van der Waals surface area contributed by atoms with Crippen LogP contribution < -0.4 is 4.74 Å². The van der Waals surface area contributed by atoms with E-state index in [2.05, 4.69) is 18.9 Å². The lowest BCUT2D eigenvalue weighted by atomic mass is 10.0. The number of hydrogen-bond acceptors (Lipinski definition) is 3. The number of hydrogen-bond donors (Lipinski definition) is 1. The largest absolute Gasteiger partial charge is 0.493 e. The highest BCUT2D eigenvalue weighted by molar-refractivity contribution is 5.38. The Morgan fingerprint density at radius 3 is 2.68 bits per heavy atom. The van der Waals surface area contributed by atoms with E-state index in [1.54, 1.807) is 0 Å². The van der Waals surface area contributed by atoms with Crippen molar-refractivity contribution < 1.29 is 9.84 Å². The predicted octanol–water partition coefficient (Wildman–Crippen LogP) is 3.16. The Balaban J connectivity index is 2.73. The van der Waals surface area contributed by atoms with Gasteiger partial charge in [0.25, 0.3) is 0 Å². The van der Waals surface area contributed by atoms with Gasteiger partial charge in [0.05, 0.1) is 12.7 Å². The van der Waals surface area contributed by atoms with Crippen molar-refractivity contribution in [2.75, 3.05) is 26.7 Å². The smallest absolute Gasteiger partial charge is 0.125 e. The molecule has 0 saturated heterocycles. The highest BCUT2D eigenvalue weighted by Gasteiger charge is 2.15. The molecule has 0 aromatic heterocycles. The quantitative estimate of drug-likeness (QED) is 0.783. The van der Waals surface area contributed by atoms with Crippen LogP contribution >= 0.6 is 0 Å². The highest BCUT2D eigenvalue weighted by atomic mass is 16.5. The molecule has 0 spiro atoms. The van der Waals surface area contributed by atoms with Gasteiger partial charge in [-0.25, -0.2) is 0 Å². The first-order valence-corrected chi connectivity index (χ1v) is 7.18. The van der Waals surface area contributed by atoms with Crippen LogP contribution in [-0.4, -0.2) is 36.8 Å². The zero-order valence-corrected chi connectivity index (χ0v) is 12.6. The van der Waals surface area contributed by atoms with Crippen molar-refractivity contribution in [1.29, 1.82) is 0 Å². The third kappa shape index (κ3) is 5.21. The summed E-state index contributed by atoms with van der Waals surface area (Å²) in [5.74, 6) is 0.796. The van der Waals surface area contributed by atoms with Gasteiger partial charge in [0, 0.05) is 12.1 Å². The van der Waals surface area contributed by atoms with Crippen molar-refractivity contribution in [3.63, 3.8) is 0 Å². The lowest BCUT2D eigenvalue weighted by molar-refractivity contribution is 0.122. The van der Waals surface area contributed by atoms with Gasteiger partial charge in [-0.05, 0) is 46.0 Å². The van der Waals surface area contributed by atoms with Gasteiger partial charge in [-0.1, -0.05) is 25.0 Å². The molecule has 108 valence electrons. The molecule has 0 aliphatic heterocycles. The number of benzene rings is 1. The SMILES string of the molecule is CCCCN(C)CC(O)c1cc(C)ccc1OCC. The molecule has 0 aliphatic rings. The molecule has 1 unspecified atom stereocenters. The van der Waals surface area contributed by atoms with Gasteiger partial charge in [0.2, 0.25) is 0 Å². The van der Waals surface area contributed by atoms with Crippen molar-refractivity contribution in [3.8, 4) is 5.75 Å². The van der Waals surface area contributed by atoms with E-state index < -0.39 is 6.10 Å². The van der Waals surface area contributed by atoms with E-state index in [4.69, 9.17) is 4.74 Å². The van der Waals surface area contributed by atoms with Crippen molar-refractivity contribution in [1.82, 2.24) is 4.90 Å². The molecule has 1 atom stereocenters. The van der Waals surface area contributed by atoms with Gasteiger partial charge >= 0.3 is 0 Å². The fourth-order valence-corrected chi connectivity index (χ4v) is 2.13. The molecule has 0 bridgehead atoms. The normalized spacial score (nSPS) is 12.7. The van der Waals surface area contributed by atoms with Crippen LogP contribution in [0.15, 0.2) is 18.2 Å². The number of ether oxygens (including phenoxy) is 1. The summed E-state index contributed by atoms with van der Waals surface area (Å²) < 4.78 is 5.60. The summed E-state index contributed by atoms with van der Waals surface area (Å²) in [5, 5.41) is 10.4. The molecular formula is C16H27NO2. The van der Waals surface area contributed by atoms with E-state index in [0.717, 1.165) is 29.8 Å². The molecule has 1 N–H and O–H groups in total. The van der Waals surface area contributed by atoms with Gasteiger partial charge in [-0.3, -0.25) is 0 Å². The van der Waals surface area contributed by atoms with E-state index in [-0.39, 0.29) is 0 Å². The zero-order valence-electron chi connectivity index (χ0n) is 12.6. The second kappa shape index (κ2) is 8.18. The Hall–Kier alpha value is -1.06. The first-order chi connectivity index (χ1) is 9.08. The van der Waals surface area contributed by atoms with Crippen molar-refractivity contribution in [2.45, 2.75) is 39.7 Å². The van der Waals surface area contributed by atoms with Crippen LogP contribution in [0.4, 0.5) is 0 Å². The molecule has 0 radical (unpaired) electrons. The van der Waals surface area contributed by atoms with Crippen LogP contribution in [0.3, 0.4) is 0 Å². The van der Waals surface area contributed by atoms with Gasteiger partial charge < -0.3 is 14.7 Å². The van der Waals surface area contributed by atoms with Gasteiger partial charge in [0.15, 0.2) is 0 Å². The second-order valence-electron chi connectivity index (χ2n) is 5.11. The van der Waals surface area contributed by atoms with Crippen molar-refractivity contribution in [3.05, 3.63) is 29.3 Å².